The van der Waals surface area contributed by atoms with Crippen LogP contribution < -0.4 is 5.73 Å². The van der Waals surface area contributed by atoms with Crippen molar-refractivity contribution in [1.82, 2.24) is 9.55 Å². The van der Waals surface area contributed by atoms with Crippen LogP contribution in [0.3, 0.4) is 0 Å². The summed E-state index contributed by atoms with van der Waals surface area (Å²) in [7, 11) is 0. The zero-order valence-corrected chi connectivity index (χ0v) is 12.5. The molecule has 0 radical (unpaired) electrons. The number of rotatable bonds is 3. The number of fused-ring (bicyclic) bond motifs is 1. The van der Waals surface area contributed by atoms with Gasteiger partial charge in [0.1, 0.15) is 5.82 Å². The molecule has 3 heteroatoms. The van der Waals surface area contributed by atoms with Gasteiger partial charge in [0.2, 0.25) is 0 Å². The first-order chi connectivity index (χ1) is 9.72. The van der Waals surface area contributed by atoms with E-state index in [2.05, 4.69) is 42.7 Å². The summed E-state index contributed by atoms with van der Waals surface area (Å²) in [5, 5.41) is 0. The fraction of sp³-hybridized carbons (Fsp3) is 0.588. The van der Waals surface area contributed by atoms with Crippen LogP contribution in [-0.4, -0.2) is 16.1 Å². The predicted octanol–water partition coefficient (Wildman–Crippen LogP) is 3.85. The fourth-order valence-corrected chi connectivity index (χ4v) is 3.70. The zero-order valence-electron chi connectivity index (χ0n) is 12.5. The highest BCUT2D eigenvalue weighted by Gasteiger charge is 2.30. The van der Waals surface area contributed by atoms with Gasteiger partial charge in [-0.05, 0) is 51.3 Å². The van der Waals surface area contributed by atoms with E-state index in [4.69, 9.17) is 10.7 Å². The van der Waals surface area contributed by atoms with E-state index in [1.54, 1.807) is 0 Å². The summed E-state index contributed by atoms with van der Waals surface area (Å²) in [6, 6.07) is 8.93. The molecule has 0 bridgehead atoms. The van der Waals surface area contributed by atoms with Crippen LogP contribution in [0.1, 0.15) is 57.3 Å². The van der Waals surface area contributed by atoms with Crippen molar-refractivity contribution < 1.29 is 0 Å². The van der Waals surface area contributed by atoms with E-state index in [9.17, 15) is 0 Å². The lowest BCUT2D eigenvalue weighted by Crippen LogP contribution is -2.27. The maximum atomic E-state index is 6.01. The summed E-state index contributed by atoms with van der Waals surface area (Å²) in [6.45, 7) is 5.28. The van der Waals surface area contributed by atoms with Gasteiger partial charge in [0.15, 0.2) is 0 Å². The number of imidazole rings is 1. The number of nitrogens with zero attached hydrogens (tertiary/aromatic N) is 2. The van der Waals surface area contributed by atoms with Crippen LogP contribution in [0.4, 0.5) is 0 Å². The quantitative estimate of drug-likeness (QED) is 0.921. The van der Waals surface area contributed by atoms with Gasteiger partial charge in [-0.25, -0.2) is 4.98 Å². The van der Waals surface area contributed by atoms with Crippen LogP contribution in [0.25, 0.3) is 11.0 Å². The molecule has 0 saturated heterocycles. The molecular formula is C17H25N3. The lowest BCUT2D eigenvalue weighted by Gasteiger charge is -2.31. The highest BCUT2D eigenvalue weighted by atomic mass is 15.1. The monoisotopic (exact) mass is 271 g/mol. The average molecular weight is 271 g/mol. The number of nitrogens with two attached hydrogens (primary N) is 1. The second-order valence-corrected chi connectivity index (χ2v) is 6.31. The second kappa shape index (κ2) is 5.57. The molecule has 20 heavy (non-hydrogen) atoms. The van der Waals surface area contributed by atoms with Crippen LogP contribution in [0, 0.1) is 5.92 Å². The van der Waals surface area contributed by atoms with Crippen LogP contribution in [0.2, 0.25) is 0 Å². The highest BCUT2D eigenvalue weighted by molar-refractivity contribution is 5.76. The maximum absolute atomic E-state index is 6.01. The van der Waals surface area contributed by atoms with Gasteiger partial charge in [0.05, 0.1) is 11.0 Å². The van der Waals surface area contributed by atoms with Crippen molar-refractivity contribution in [2.75, 3.05) is 6.54 Å². The standard InChI is InChI=1S/C17H25N3/c1-12(2)20-16-10-6-5-9-15(16)19-17(20)14-8-4-3-7-13(14)11-18/h5-6,9-10,12-14H,3-4,7-8,11,18H2,1-2H3. The van der Waals surface area contributed by atoms with E-state index >= 15 is 0 Å². The molecule has 1 aromatic heterocycles. The summed E-state index contributed by atoms with van der Waals surface area (Å²) in [4.78, 5) is 4.96. The van der Waals surface area contributed by atoms with E-state index < -0.39 is 0 Å². The van der Waals surface area contributed by atoms with Gasteiger partial charge in [0.25, 0.3) is 0 Å². The summed E-state index contributed by atoms with van der Waals surface area (Å²) >= 11 is 0. The lowest BCUT2D eigenvalue weighted by molar-refractivity contribution is 0.296. The summed E-state index contributed by atoms with van der Waals surface area (Å²) in [5.41, 5.74) is 8.40. The molecule has 108 valence electrons. The maximum Gasteiger partial charge on any atom is 0.113 e. The second-order valence-electron chi connectivity index (χ2n) is 6.31. The molecule has 0 amide bonds. The van der Waals surface area contributed by atoms with Gasteiger partial charge in [-0.3, -0.25) is 0 Å². The average Bonchev–Trinajstić information content (AvgIpc) is 2.86. The molecule has 1 aliphatic rings. The summed E-state index contributed by atoms with van der Waals surface area (Å²) in [5.74, 6) is 2.39. The molecule has 1 aliphatic carbocycles. The number of aromatic nitrogens is 2. The zero-order chi connectivity index (χ0) is 14.1. The molecule has 1 fully saturated rings. The Balaban J connectivity index is 2.12. The molecule has 1 heterocycles. The van der Waals surface area contributed by atoms with Crippen LogP contribution in [-0.2, 0) is 0 Å². The molecule has 3 nitrogen and oxygen atoms in total. The van der Waals surface area contributed by atoms with Crippen molar-refractivity contribution in [2.24, 2.45) is 11.7 Å². The largest absolute Gasteiger partial charge is 0.330 e. The van der Waals surface area contributed by atoms with Gasteiger partial charge in [-0.1, -0.05) is 25.0 Å². The van der Waals surface area contributed by atoms with E-state index in [-0.39, 0.29) is 0 Å². The molecule has 2 N–H and O–H groups in total. The van der Waals surface area contributed by atoms with Crippen molar-refractivity contribution in [2.45, 2.75) is 51.5 Å². The third-order valence-corrected chi connectivity index (χ3v) is 4.68. The normalized spacial score (nSPS) is 23.6. The van der Waals surface area contributed by atoms with E-state index in [0.717, 1.165) is 12.1 Å². The first kappa shape index (κ1) is 13.6. The molecule has 2 atom stereocenters. The van der Waals surface area contributed by atoms with E-state index in [0.29, 0.717) is 17.9 Å². The van der Waals surface area contributed by atoms with Gasteiger partial charge < -0.3 is 10.3 Å². The fourth-order valence-electron chi connectivity index (χ4n) is 3.70. The Hall–Kier alpha value is -1.35. The molecule has 2 aromatic rings. The SMILES string of the molecule is CC(C)n1c(C2CCCCC2CN)nc2ccccc21. The van der Waals surface area contributed by atoms with Gasteiger partial charge in [-0.15, -0.1) is 0 Å². The Kier molecular flexibility index (Phi) is 3.79. The summed E-state index contributed by atoms with van der Waals surface area (Å²) in [6.07, 6.45) is 5.11. The van der Waals surface area contributed by atoms with Crippen LogP contribution in [0.15, 0.2) is 24.3 Å². The Morgan fingerprint density at radius 1 is 1.25 bits per heavy atom. The minimum Gasteiger partial charge on any atom is -0.330 e. The molecule has 0 spiro atoms. The number of hydrogen-bond acceptors (Lipinski definition) is 2. The van der Waals surface area contributed by atoms with Crippen molar-refractivity contribution in [1.29, 1.82) is 0 Å². The first-order valence-corrected chi connectivity index (χ1v) is 7.89. The van der Waals surface area contributed by atoms with Crippen molar-refractivity contribution in [3.05, 3.63) is 30.1 Å². The number of para-hydroxylation sites is 2. The van der Waals surface area contributed by atoms with Gasteiger partial charge >= 0.3 is 0 Å². The van der Waals surface area contributed by atoms with Gasteiger partial charge in [0, 0.05) is 12.0 Å². The third kappa shape index (κ3) is 2.24. The number of benzene rings is 1. The van der Waals surface area contributed by atoms with Crippen molar-refractivity contribution >= 4 is 11.0 Å². The Labute approximate surface area is 121 Å². The Morgan fingerprint density at radius 3 is 2.75 bits per heavy atom. The Bertz CT molecular complexity index is 585. The van der Waals surface area contributed by atoms with Gasteiger partial charge in [-0.2, -0.15) is 0 Å². The minimum atomic E-state index is 0.442. The van der Waals surface area contributed by atoms with Crippen molar-refractivity contribution in [3.63, 3.8) is 0 Å². The molecule has 2 unspecified atom stereocenters. The number of hydrogen-bond donors (Lipinski definition) is 1. The van der Waals surface area contributed by atoms with Crippen LogP contribution >= 0.6 is 0 Å². The topological polar surface area (TPSA) is 43.8 Å². The molecular weight excluding hydrogens is 246 g/mol. The highest BCUT2D eigenvalue weighted by Crippen LogP contribution is 2.39. The molecule has 0 aliphatic heterocycles. The minimum absolute atomic E-state index is 0.442. The van der Waals surface area contributed by atoms with Crippen LogP contribution in [0.5, 0.6) is 0 Å². The predicted molar refractivity (Wildman–Crippen MR) is 83.9 cm³/mol. The first-order valence-electron chi connectivity index (χ1n) is 7.89. The van der Waals surface area contributed by atoms with Crippen molar-refractivity contribution in [3.8, 4) is 0 Å². The van der Waals surface area contributed by atoms with E-state index in [1.165, 1.54) is 37.0 Å². The molecule has 3 rings (SSSR count). The third-order valence-electron chi connectivity index (χ3n) is 4.68. The summed E-state index contributed by atoms with van der Waals surface area (Å²) < 4.78 is 2.42. The smallest absolute Gasteiger partial charge is 0.113 e. The molecule has 1 saturated carbocycles. The molecule has 1 aromatic carbocycles. The van der Waals surface area contributed by atoms with E-state index in [1.807, 2.05) is 0 Å². The Morgan fingerprint density at radius 2 is 2.00 bits per heavy atom. The lowest BCUT2D eigenvalue weighted by atomic mass is 9.78.